The van der Waals surface area contributed by atoms with Gasteiger partial charge in [0.25, 0.3) is 0 Å². The van der Waals surface area contributed by atoms with Crippen LogP contribution in [-0.4, -0.2) is 40.9 Å². The van der Waals surface area contributed by atoms with E-state index < -0.39 is 6.09 Å². The Kier molecular flexibility index (Phi) is 5.07. The van der Waals surface area contributed by atoms with E-state index in [1.54, 1.807) is 18.4 Å². The molecule has 3 heterocycles. The second-order valence-corrected chi connectivity index (χ2v) is 7.87. The van der Waals surface area contributed by atoms with E-state index in [-0.39, 0.29) is 0 Å². The van der Waals surface area contributed by atoms with Gasteiger partial charge >= 0.3 is 6.09 Å². The lowest BCUT2D eigenvalue weighted by molar-refractivity contribution is 0.132. The molecular weight excluding hydrogens is 360 g/mol. The van der Waals surface area contributed by atoms with Gasteiger partial charge in [-0.15, -0.1) is 0 Å². The minimum Gasteiger partial charge on any atom is -0.497 e. The number of carboxylic acid groups (broad SMARTS) is 1. The molecule has 1 N–H and O–H groups in total. The van der Waals surface area contributed by atoms with Crippen LogP contribution < -0.4 is 4.74 Å². The van der Waals surface area contributed by atoms with E-state index in [4.69, 9.17) is 4.74 Å². The number of carbonyl (C=O) groups is 1. The van der Waals surface area contributed by atoms with Crippen molar-refractivity contribution in [2.75, 3.05) is 20.2 Å². The summed E-state index contributed by atoms with van der Waals surface area (Å²) in [5.74, 6) is 1.25. The Labute approximate surface area is 162 Å². The molecule has 27 heavy (non-hydrogen) atoms. The van der Waals surface area contributed by atoms with Crippen LogP contribution in [0.3, 0.4) is 0 Å². The molecule has 0 saturated carbocycles. The van der Waals surface area contributed by atoms with Crippen molar-refractivity contribution in [2.45, 2.75) is 31.7 Å². The van der Waals surface area contributed by atoms with Crippen LogP contribution in [0.4, 0.5) is 4.79 Å². The number of piperidine rings is 1. The fraction of sp³-hybridized carbons (Fsp3) is 0.381. The fourth-order valence-electron chi connectivity index (χ4n) is 4.01. The molecule has 0 unspecified atom stereocenters. The zero-order valence-corrected chi connectivity index (χ0v) is 16.2. The molecule has 5 nitrogen and oxygen atoms in total. The summed E-state index contributed by atoms with van der Waals surface area (Å²) in [6.45, 7) is 2.14. The maximum absolute atomic E-state index is 11.2. The number of nitrogens with zero attached hydrogens (tertiary/aromatic N) is 2. The van der Waals surface area contributed by atoms with E-state index in [1.807, 2.05) is 6.07 Å². The fourth-order valence-corrected chi connectivity index (χ4v) is 4.71. The molecular formula is C21H24N2O3S. The highest BCUT2D eigenvalue weighted by Gasteiger charge is 2.26. The lowest BCUT2D eigenvalue weighted by Gasteiger charge is -2.29. The van der Waals surface area contributed by atoms with Gasteiger partial charge in [0.1, 0.15) is 5.75 Å². The van der Waals surface area contributed by atoms with Gasteiger partial charge in [-0.25, -0.2) is 4.79 Å². The monoisotopic (exact) mass is 384 g/mol. The molecule has 0 atom stereocenters. The summed E-state index contributed by atoms with van der Waals surface area (Å²) in [5.41, 5.74) is 3.91. The zero-order chi connectivity index (χ0) is 18.8. The highest BCUT2D eigenvalue weighted by Crippen LogP contribution is 2.36. The van der Waals surface area contributed by atoms with E-state index >= 15 is 0 Å². The van der Waals surface area contributed by atoms with Gasteiger partial charge in [-0.1, -0.05) is 0 Å². The van der Waals surface area contributed by atoms with Gasteiger partial charge in [-0.05, 0) is 71.3 Å². The summed E-state index contributed by atoms with van der Waals surface area (Å²) in [7, 11) is 1.69. The standard InChI is InChI=1S/C21H24N2O3S/c1-26-17-2-3-20-18(12-17)19(16-5-9-22(10-6-16)21(24)25)13-23(20)8-4-15-7-11-27-14-15/h2-3,7,11-14,16H,4-6,8-10H2,1H3,(H,24,25). The topological polar surface area (TPSA) is 54.7 Å². The van der Waals surface area contributed by atoms with Crippen molar-refractivity contribution in [1.29, 1.82) is 0 Å². The van der Waals surface area contributed by atoms with Crippen LogP contribution in [0.2, 0.25) is 0 Å². The van der Waals surface area contributed by atoms with Crippen LogP contribution >= 0.6 is 11.3 Å². The molecule has 4 rings (SSSR count). The molecule has 6 heteroatoms. The first-order valence-corrected chi connectivity index (χ1v) is 10.3. The van der Waals surface area contributed by atoms with Gasteiger partial charge in [0.2, 0.25) is 0 Å². The second kappa shape index (κ2) is 7.64. The summed E-state index contributed by atoms with van der Waals surface area (Å²) < 4.78 is 7.79. The van der Waals surface area contributed by atoms with Gasteiger partial charge in [0.05, 0.1) is 7.11 Å². The van der Waals surface area contributed by atoms with Crippen molar-refractivity contribution in [3.63, 3.8) is 0 Å². The van der Waals surface area contributed by atoms with E-state index in [0.29, 0.717) is 19.0 Å². The van der Waals surface area contributed by atoms with Crippen LogP contribution in [0, 0.1) is 0 Å². The zero-order valence-electron chi connectivity index (χ0n) is 15.4. The summed E-state index contributed by atoms with van der Waals surface area (Å²) in [6, 6.07) is 8.45. The number of amides is 1. The predicted molar refractivity (Wildman–Crippen MR) is 108 cm³/mol. The van der Waals surface area contributed by atoms with Gasteiger partial charge in [0.15, 0.2) is 0 Å². The predicted octanol–water partition coefficient (Wildman–Crippen LogP) is 4.81. The number of benzene rings is 1. The van der Waals surface area contributed by atoms with Gasteiger partial charge < -0.3 is 19.3 Å². The third-order valence-corrected chi connectivity index (χ3v) is 6.28. The van der Waals surface area contributed by atoms with Crippen molar-refractivity contribution in [3.8, 4) is 5.75 Å². The van der Waals surface area contributed by atoms with Crippen molar-refractivity contribution in [3.05, 3.63) is 52.3 Å². The summed E-state index contributed by atoms with van der Waals surface area (Å²) in [5, 5.41) is 14.8. The van der Waals surface area contributed by atoms with Crippen molar-refractivity contribution in [1.82, 2.24) is 9.47 Å². The lowest BCUT2D eigenvalue weighted by Crippen LogP contribution is -2.36. The molecule has 3 aromatic rings. The molecule has 1 amide bonds. The number of hydrogen-bond acceptors (Lipinski definition) is 3. The van der Waals surface area contributed by atoms with Crippen molar-refractivity contribution < 1.29 is 14.6 Å². The molecule has 0 aliphatic carbocycles. The first-order chi connectivity index (χ1) is 13.2. The number of hydrogen-bond donors (Lipinski definition) is 1. The highest BCUT2D eigenvalue weighted by molar-refractivity contribution is 7.07. The van der Waals surface area contributed by atoms with Gasteiger partial charge in [-0.3, -0.25) is 0 Å². The maximum atomic E-state index is 11.2. The Morgan fingerprint density at radius 1 is 1.30 bits per heavy atom. The molecule has 0 radical (unpaired) electrons. The van der Waals surface area contributed by atoms with Crippen LogP contribution in [0.1, 0.15) is 29.9 Å². The van der Waals surface area contributed by atoms with E-state index in [0.717, 1.165) is 31.6 Å². The van der Waals surface area contributed by atoms with Gasteiger partial charge in [0, 0.05) is 36.7 Å². The normalized spacial score (nSPS) is 15.4. The number of likely N-dealkylation sites (tertiary alicyclic amines) is 1. The third kappa shape index (κ3) is 3.67. The Hall–Kier alpha value is -2.47. The summed E-state index contributed by atoms with van der Waals surface area (Å²) >= 11 is 1.74. The molecule has 1 fully saturated rings. The average molecular weight is 385 g/mol. The number of aryl methyl sites for hydroxylation is 2. The molecule has 1 aromatic carbocycles. The van der Waals surface area contributed by atoms with E-state index in [1.165, 1.54) is 26.9 Å². The number of thiophene rings is 1. The SMILES string of the molecule is COc1ccc2c(c1)c(C1CCN(C(=O)O)CC1)cn2CCc1ccsc1. The average Bonchev–Trinajstić information content (AvgIpc) is 3.33. The summed E-state index contributed by atoms with van der Waals surface area (Å²) in [4.78, 5) is 12.7. The maximum Gasteiger partial charge on any atom is 0.407 e. The molecule has 2 aromatic heterocycles. The third-order valence-electron chi connectivity index (χ3n) is 5.55. The first kappa shape index (κ1) is 17.9. The Balaban J connectivity index is 1.63. The van der Waals surface area contributed by atoms with Crippen LogP contribution in [0.5, 0.6) is 5.75 Å². The Morgan fingerprint density at radius 3 is 2.78 bits per heavy atom. The Bertz CT molecular complexity index is 924. The van der Waals surface area contributed by atoms with Crippen molar-refractivity contribution >= 4 is 28.3 Å². The number of ether oxygens (including phenoxy) is 1. The minimum atomic E-state index is -0.812. The highest BCUT2D eigenvalue weighted by atomic mass is 32.1. The minimum absolute atomic E-state index is 0.387. The van der Waals surface area contributed by atoms with Crippen molar-refractivity contribution in [2.24, 2.45) is 0 Å². The second-order valence-electron chi connectivity index (χ2n) is 7.09. The quantitative estimate of drug-likeness (QED) is 0.687. The largest absolute Gasteiger partial charge is 0.497 e. The van der Waals surface area contributed by atoms with E-state index in [2.05, 4.69) is 39.7 Å². The summed E-state index contributed by atoms with van der Waals surface area (Å²) in [6.07, 6.45) is 4.21. The molecule has 1 aliphatic rings. The van der Waals surface area contributed by atoms with E-state index in [9.17, 15) is 9.90 Å². The number of methoxy groups -OCH3 is 1. The Morgan fingerprint density at radius 2 is 2.11 bits per heavy atom. The molecule has 1 saturated heterocycles. The molecule has 1 aliphatic heterocycles. The molecule has 142 valence electrons. The van der Waals surface area contributed by atoms with Crippen LogP contribution in [-0.2, 0) is 13.0 Å². The van der Waals surface area contributed by atoms with Crippen LogP contribution in [0.25, 0.3) is 10.9 Å². The smallest absolute Gasteiger partial charge is 0.407 e. The first-order valence-electron chi connectivity index (χ1n) is 9.31. The lowest BCUT2D eigenvalue weighted by atomic mass is 9.89. The molecule has 0 bridgehead atoms. The number of fused-ring (bicyclic) bond motifs is 1. The number of aromatic nitrogens is 1. The van der Waals surface area contributed by atoms with Crippen LogP contribution in [0.15, 0.2) is 41.2 Å². The number of rotatable bonds is 5. The van der Waals surface area contributed by atoms with Gasteiger partial charge in [-0.2, -0.15) is 11.3 Å². The molecule has 0 spiro atoms.